The van der Waals surface area contributed by atoms with Crippen molar-refractivity contribution in [3.8, 4) is 27.6 Å². The van der Waals surface area contributed by atoms with E-state index in [0.29, 0.717) is 31.2 Å². The molecule has 0 aliphatic carbocycles. The van der Waals surface area contributed by atoms with Gasteiger partial charge in [-0.2, -0.15) is 4.31 Å². The molecule has 0 spiro atoms. The van der Waals surface area contributed by atoms with Crippen LogP contribution in [0.5, 0.6) is 5.75 Å². The monoisotopic (exact) mass is 416 g/mol. The molecule has 0 atom stereocenters. The van der Waals surface area contributed by atoms with Gasteiger partial charge in [-0.15, -0.1) is 11.3 Å². The van der Waals surface area contributed by atoms with E-state index >= 15 is 0 Å². The molecule has 146 valence electrons. The standard InChI is InChI=1S/C20H20N2O4S2/c1-25-17-6-2-16(3-7-17)20-21-19(14-27-20)15-4-8-18(9-5-15)28(23,24)22-10-12-26-13-11-22/h2-9,14H,10-13H2,1H3. The lowest BCUT2D eigenvalue weighted by Crippen LogP contribution is -2.40. The van der Waals surface area contributed by atoms with Gasteiger partial charge in [0, 0.05) is 29.6 Å². The highest BCUT2D eigenvalue weighted by atomic mass is 32.2. The van der Waals surface area contributed by atoms with Crippen LogP contribution in [0.15, 0.2) is 58.8 Å². The summed E-state index contributed by atoms with van der Waals surface area (Å²) >= 11 is 1.55. The van der Waals surface area contributed by atoms with Crippen LogP contribution in [-0.4, -0.2) is 51.1 Å². The number of hydrogen-bond acceptors (Lipinski definition) is 6. The zero-order chi connectivity index (χ0) is 19.6. The lowest BCUT2D eigenvalue weighted by Gasteiger charge is -2.26. The van der Waals surface area contributed by atoms with Crippen molar-refractivity contribution in [1.29, 1.82) is 0 Å². The third-order valence-electron chi connectivity index (χ3n) is 4.60. The van der Waals surface area contributed by atoms with E-state index in [9.17, 15) is 8.42 Å². The molecule has 1 aliphatic heterocycles. The zero-order valence-electron chi connectivity index (χ0n) is 15.4. The summed E-state index contributed by atoms with van der Waals surface area (Å²) in [4.78, 5) is 4.98. The maximum absolute atomic E-state index is 12.7. The van der Waals surface area contributed by atoms with E-state index in [2.05, 4.69) is 4.98 Å². The van der Waals surface area contributed by atoms with Crippen LogP contribution in [0, 0.1) is 0 Å². The van der Waals surface area contributed by atoms with Gasteiger partial charge < -0.3 is 9.47 Å². The SMILES string of the molecule is COc1ccc(-c2nc(-c3ccc(S(=O)(=O)N4CCOCC4)cc3)cs2)cc1. The fourth-order valence-electron chi connectivity index (χ4n) is 3.01. The second-order valence-electron chi connectivity index (χ2n) is 6.31. The minimum absolute atomic E-state index is 0.295. The van der Waals surface area contributed by atoms with Crippen molar-refractivity contribution in [3.63, 3.8) is 0 Å². The lowest BCUT2D eigenvalue weighted by atomic mass is 10.2. The van der Waals surface area contributed by atoms with Gasteiger partial charge in [-0.25, -0.2) is 13.4 Å². The van der Waals surface area contributed by atoms with Gasteiger partial charge in [-0.05, 0) is 36.4 Å². The second kappa shape index (κ2) is 8.00. The topological polar surface area (TPSA) is 68.7 Å². The number of nitrogens with zero attached hydrogens (tertiary/aromatic N) is 2. The Bertz CT molecular complexity index is 1040. The van der Waals surface area contributed by atoms with Crippen LogP contribution in [0.2, 0.25) is 0 Å². The summed E-state index contributed by atoms with van der Waals surface area (Å²) in [6.45, 7) is 1.65. The van der Waals surface area contributed by atoms with Crippen LogP contribution in [-0.2, 0) is 14.8 Å². The highest BCUT2D eigenvalue weighted by Crippen LogP contribution is 2.30. The first-order chi connectivity index (χ1) is 13.6. The number of aromatic nitrogens is 1. The van der Waals surface area contributed by atoms with E-state index in [0.717, 1.165) is 27.6 Å². The molecule has 8 heteroatoms. The van der Waals surface area contributed by atoms with Crippen LogP contribution in [0.3, 0.4) is 0 Å². The van der Waals surface area contributed by atoms with Gasteiger partial charge in [-0.1, -0.05) is 12.1 Å². The molecule has 4 rings (SSSR count). The molecular formula is C20H20N2O4S2. The van der Waals surface area contributed by atoms with Crippen molar-refractivity contribution in [3.05, 3.63) is 53.9 Å². The number of rotatable bonds is 5. The van der Waals surface area contributed by atoms with Gasteiger partial charge in [0.1, 0.15) is 10.8 Å². The first-order valence-electron chi connectivity index (χ1n) is 8.86. The molecule has 0 amide bonds. The number of hydrogen-bond donors (Lipinski definition) is 0. The highest BCUT2D eigenvalue weighted by Gasteiger charge is 2.26. The van der Waals surface area contributed by atoms with Crippen molar-refractivity contribution in [2.24, 2.45) is 0 Å². The van der Waals surface area contributed by atoms with Gasteiger partial charge in [-0.3, -0.25) is 0 Å². The Morgan fingerprint density at radius 2 is 1.64 bits per heavy atom. The van der Waals surface area contributed by atoms with Crippen molar-refractivity contribution < 1.29 is 17.9 Å². The molecule has 0 radical (unpaired) electrons. The van der Waals surface area contributed by atoms with E-state index in [4.69, 9.17) is 9.47 Å². The smallest absolute Gasteiger partial charge is 0.243 e. The molecule has 1 fully saturated rings. The van der Waals surface area contributed by atoms with E-state index in [1.54, 1.807) is 42.7 Å². The molecule has 3 aromatic rings. The van der Waals surface area contributed by atoms with Gasteiger partial charge in [0.15, 0.2) is 0 Å². The molecule has 2 aromatic carbocycles. The normalized spacial score (nSPS) is 15.5. The lowest BCUT2D eigenvalue weighted by molar-refractivity contribution is 0.0730. The summed E-state index contributed by atoms with van der Waals surface area (Å²) in [5.74, 6) is 0.803. The van der Waals surface area contributed by atoms with Crippen molar-refractivity contribution in [1.82, 2.24) is 9.29 Å². The maximum Gasteiger partial charge on any atom is 0.243 e. The molecule has 0 N–H and O–H groups in total. The average molecular weight is 417 g/mol. The quantitative estimate of drug-likeness (QED) is 0.637. The van der Waals surface area contributed by atoms with Crippen LogP contribution in [0.4, 0.5) is 0 Å². The fourth-order valence-corrected chi connectivity index (χ4v) is 5.25. The van der Waals surface area contributed by atoms with Crippen molar-refractivity contribution in [2.75, 3.05) is 33.4 Å². The first-order valence-corrected chi connectivity index (χ1v) is 11.2. The largest absolute Gasteiger partial charge is 0.497 e. The molecule has 1 aromatic heterocycles. The van der Waals surface area contributed by atoms with Crippen LogP contribution in [0.25, 0.3) is 21.8 Å². The Hall–Kier alpha value is -2.26. The Morgan fingerprint density at radius 1 is 1.00 bits per heavy atom. The van der Waals surface area contributed by atoms with E-state index in [1.807, 2.05) is 29.6 Å². The van der Waals surface area contributed by atoms with Crippen molar-refractivity contribution in [2.45, 2.75) is 4.90 Å². The number of benzene rings is 2. The van der Waals surface area contributed by atoms with Crippen LogP contribution < -0.4 is 4.74 Å². The van der Waals surface area contributed by atoms with Crippen molar-refractivity contribution >= 4 is 21.4 Å². The summed E-state index contributed by atoms with van der Waals surface area (Å²) in [5.41, 5.74) is 2.73. The third-order valence-corrected chi connectivity index (χ3v) is 7.40. The predicted molar refractivity (Wildman–Crippen MR) is 109 cm³/mol. The van der Waals surface area contributed by atoms with Gasteiger partial charge >= 0.3 is 0 Å². The summed E-state index contributed by atoms with van der Waals surface area (Å²) in [7, 11) is -1.84. The Labute approximate surface area is 168 Å². The highest BCUT2D eigenvalue weighted by molar-refractivity contribution is 7.89. The number of methoxy groups -OCH3 is 1. The third kappa shape index (κ3) is 3.81. The minimum Gasteiger partial charge on any atom is -0.497 e. The zero-order valence-corrected chi connectivity index (χ0v) is 17.0. The number of ether oxygens (including phenoxy) is 2. The molecule has 1 aliphatic rings. The molecule has 1 saturated heterocycles. The molecule has 6 nitrogen and oxygen atoms in total. The Balaban J connectivity index is 1.55. The fraction of sp³-hybridized carbons (Fsp3) is 0.250. The molecule has 0 bridgehead atoms. The second-order valence-corrected chi connectivity index (χ2v) is 9.10. The molecular weight excluding hydrogens is 396 g/mol. The van der Waals surface area contributed by atoms with Crippen LogP contribution in [0.1, 0.15) is 0 Å². The number of morpholine rings is 1. The van der Waals surface area contributed by atoms with Gasteiger partial charge in [0.2, 0.25) is 10.0 Å². The predicted octanol–water partition coefficient (Wildman–Crippen LogP) is 3.51. The Morgan fingerprint density at radius 3 is 2.29 bits per heavy atom. The minimum atomic E-state index is -3.48. The van der Waals surface area contributed by atoms with Gasteiger partial charge in [0.25, 0.3) is 0 Å². The molecule has 28 heavy (non-hydrogen) atoms. The summed E-state index contributed by atoms with van der Waals surface area (Å²) in [6.07, 6.45) is 0. The summed E-state index contributed by atoms with van der Waals surface area (Å²) < 4.78 is 37.3. The maximum atomic E-state index is 12.7. The van der Waals surface area contributed by atoms with Gasteiger partial charge in [0.05, 0.1) is 30.9 Å². The Kier molecular flexibility index (Phi) is 5.45. The summed E-state index contributed by atoms with van der Waals surface area (Å²) in [5, 5.41) is 2.88. The average Bonchev–Trinajstić information content (AvgIpc) is 3.25. The van der Waals surface area contributed by atoms with Crippen LogP contribution >= 0.6 is 11.3 Å². The van der Waals surface area contributed by atoms with E-state index in [1.165, 1.54) is 4.31 Å². The molecule has 0 unspecified atom stereocenters. The number of sulfonamides is 1. The summed E-state index contributed by atoms with van der Waals surface area (Å²) in [6, 6.07) is 14.7. The first kappa shape index (κ1) is 19.1. The van der Waals surface area contributed by atoms with E-state index < -0.39 is 10.0 Å². The molecule has 2 heterocycles. The number of thiazole rings is 1. The van der Waals surface area contributed by atoms with E-state index in [-0.39, 0.29) is 0 Å². The molecule has 0 saturated carbocycles.